The molecule has 22 heavy (non-hydrogen) atoms. The number of benzene rings is 1. The maximum Gasteiger partial charge on any atom is 0.130 e. The zero-order valence-corrected chi connectivity index (χ0v) is 13.9. The van der Waals surface area contributed by atoms with Crippen LogP contribution >= 0.6 is 0 Å². The molecular weight excluding hydrogens is 288 g/mol. The monoisotopic (exact) mass is 315 g/mol. The zero-order chi connectivity index (χ0) is 16.7. The summed E-state index contributed by atoms with van der Waals surface area (Å²) in [4.78, 5) is 1.99. The molecule has 0 aliphatic heterocycles. The topological polar surface area (TPSA) is 32.7 Å². The van der Waals surface area contributed by atoms with E-state index in [0.29, 0.717) is 18.7 Å². The van der Waals surface area contributed by atoms with E-state index in [4.69, 9.17) is 4.74 Å². The van der Waals surface area contributed by atoms with Crippen molar-refractivity contribution in [2.24, 2.45) is 0 Å². The van der Waals surface area contributed by atoms with Gasteiger partial charge in [0, 0.05) is 30.8 Å². The normalized spacial score (nSPS) is 14.6. The summed E-state index contributed by atoms with van der Waals surface area (Å²) in [6.45, 7) is 8.85. The van der Waals surface area contributed by atoms with Crippen LogP contribution in [0.1, 0.15) is 39.7 Å². The minimum absolute atomic E-state index is 0.0567. The van der Waals surface area contributed by atoms with Crippen LogP contribution in [0.25, 0.3) is 0 Å². The van der Waals surface area contributed by atoms with Crippen molar-refractivity contribution in [3.63, 3.8) is 0 Å². The third kappa shape index (κ3) is 6.38. The molecule has 1 rings (SSSR count). The first kappa shape index (κ1) is 19.0. The van der Waals surface area contributed by atoms with Crippen molar-refractivity contribution in [3.05, 3.63) is 35.4 Å². The first-order valence-corrected chi connectivity index (χ1v) is 7.81. The highest BCUT2D eigenvalue weighted by Crippen LogP contribution is 2.16. The van der Waals surface area contributed by atoms with Crippen LogP contribution in [-0.4, -0.2) is 41.4 Å². The lowest BCUT2D eigenvalue weighted by atomic mass is 10.1. The van der Waals surface area contributed by atoms with Crippen molar-refractivity contribution < 1.29 is 18.6 Å². The van der Waals surface area contributed by atoms with E-state index in [2.05, 4.69) is 0 Å². The summed E-state index contributed by atoms with van der Waals surface area (Å²) in [5.41, 5.74) is 0.429. The van der Waals surface area contributed by atoms with Crippen LogP contribution in [0.15, 0.2) is 18.2 Å². The van der Waals surface area contributed by atoms with Gasteiger partial charge in [-0.2, -0.15) is 0 Å². The van der Waals surface area contributed by atoms with E-state index < -0.39 is 17.7 Å². The van der Waals surface area contributed by atoms with Gasteiger partial charge in [0.15, 0.2) is 0 Å². The van der Waals surface area contributed by atoms with E-state index >= 15 is 0 Å². The first-order valence-electron chi connectivity index (χ1n) is 7.81. The average molecular weight is 315 g/mol. The Morgan fingerprint density at radius 3 is 2.45 bits per heavy atom. The molecular formula is C17H27F2NO2. The molecule has 0 radical (unpaired) electrons. The third-order valence-electron chi connectivity index (χ3n) is 3.67. The van der Waals surface area contributed by atoms with E-state index in [1.165, 1.54) is 12.1 Å². The van der Waals surface area contributed by atoms with Gasteiger partial charge in [-0.25, -0.2) is 8.78 Å². The summed E-state index contributed by atoms with van der Waals surface area (Å²) >= 11 is 0. The molecule has 0 fully saturated rings. The number of nitrogens with zero attached hydrogens (tertiary/aromatic N) is 1. The van der Waals surface area contributed by atoms with Crippen molar-refractivity contribution in [2.75, 3.05) is 13.2 Å². The van der Waals surface area contributed by atoms with Crippen molar-refractivity contribution in [1.82, 2.24) is 4.90 Å². The van der Waals surface area contributed by atoms with Crippen LogP contribution < -0.4 is 0 Å². The SMILES string of the molecule is CC[C@H](C)N(Cc1ccc(F)cc1F)C[C@@H](O)COC(C)C. The minimum atomic E-state index is -0.639. The Morgan fingerprint density at radius 1 is 1.23 bits per heavy atom. The van der Waals surface area contributed by atoms with Crippen molar-refractivity contribution >= 4 is 0 Å². The summed E-state index contributed by atoms with van der Waals surface area (Å²) < 4.78 is 32.2. The molecule has 0 heterocycles. The highest BCUT2D eigenvalue weighted by molar-refractivity contribution is 5.18. The molecule has 1 aromatic carbocycles. The summed E-state index contributed by atoms with van der Waals surface area (Å²) in [7, 11) is 0. The van der Waals surface area contributed by atoms with E-state index in [1.54, 1.807) is 0 Å². The Hall–Kier alpha value is -1.04. The fraction of sp³-hybridized carbons (Fsp3) is 0.647. The molecule has 3 nitrogen and oxygen atoms in total. The maximum atomic E-state index is 13.8. The number of hydrogen-bond acceptors (Lipinski definition) is 3. The van der Waals surface area contributed by atoms with Crippen LogP contribution in [0.5, 0.6) is 0 Å². The van der Waals surface area contributed by atoms with Gasteiger partial charge in [0.1, 0.15) is 11.6 Å². The fourth-order valence-electron chi connectivity index (χ4n) is 2.15. The van der Waals surface area contributed by atoms with E-state index in [0.717, 1.165) is 12.5 Å². The van der Waals surface area contributed by atoms with Gasteiger partial charge in [0.25, 0.3) is 0 Å². The molecule has 1 aromatic rings. The zero-order valence-electron chi connectivity index (χ0n) is 13.9. The molecule has 0 saturated heterocycles. The Labute approximate surface area is 131 Å². The molecule has 0 aliphatic rings. The molecule has 126 valence electrons. The fourth-order valence-corrected chi connectivity index (χ4v) is 2.15. The number of aliphatic hydroxyl groups is 1. The van der Waals surface area contributed by atoms with Gasteiger partial charge >= 0.3 is 0 Å². The van der Waals surface area contributed by atoms with Gasteiger partial charge in [-0.15, -0.1) is 0 Å². The lowest BCUT2D eigenvalue weighted by Crippen LogP contribution is -2.40. The molecule has 0 saturated carbocycles. The molecule has 2 atom stereocenters. The molecule has 0 bridgehead atoms. The average Bonchev–Trinajstić information content (AvgIpc) is 2.46. The number of ether oxygens (including phenoxy) is 1. The molecule has 0 aromatic heterocycles. The van der Waals surface area contributed by atoms with Crippen LogP contribution in [0.2, 0.25) is 0 Å². The Bertz CT molecular complexity index is 454. The number of halogens is 2. The van der Waals surface area contributed by atoms with Gasteiger partial charge in [0.2, 0.25) is 0 Å². The quantitative estimate of drug-likeness (QED) is 0.758. The van der Waals surface area contributed by atoms with Gasteiger partial charge in [-0.1, -0.05) is 13.0 Å². The van der Waals surface area contributed by atoms with Crippen molar-refractivity contribution in [2.45, 2.75) is 58.9 Å². The minimum Gasteiger partial charge on any atom is -0.389 e. The smallest absolute Gasteiger partial charge is 0.130 e. The van der Waals surface area contributed by atoms with E-state index in [1.807, 2.05) is 32.6 Å². The third-order valence-corrected chi connectivity index (χ3v) is 3.67. The largest absolute Gasteiger partial charge is 0.389 e. The predicted octanol–water partition coefficient (Wildman–Crippen LogP) is 3.35. The lowest BCUT2D eigenvalue weighted by Gasteiger charge is -2.30. The summed E-state index contributed by atoms with van der Waals surface area (Å²) in [5.74, 6) is -1.14. The van der Waals surface area contributed by atoms with Gasteiger partial charge in [0.05, 0.1) is 18.8 Å². The highest BCUT2D eigenvalue weighted by atomic mass is 19.1. The van der Waals surface area contributed by atoms with Gasteiger partial charge in [-0.3, -0.25) is 4.90 Å². The number of rotatable bonds is 9. The van der Waals surface area contributed by atoms with Crippen LogP contribution in [-0.2, 0) is 11.3 Å². The summed E-state index contributed by atoms with van der Waals surface area (Å²) in [6.07, 6.45) is 0.293. The summed E-state index contributed by atoms with van der Waals surface area (Å²) in [6, 6.07) is 3.78. The second kappa shape index (κ2) is 9.18. The second-order valence-corrected chi connectivity index (χ2v) is 5.96. The van der Waals surface area contributed by atoms with Gasteiger partial charge < -0.3 is 9.84 Å². The number of hydrogen-bond donors (Lipinski definition) is 1. The van der Waals surface area contributed by atoms with Crippen LogP contribution in [0, 0.1) is 11.6 Å². The maximum absolute atomic E-state index is 13.8. The second-order valence-electron chi connectivity index (χ2n) is 5.96. The molecule has 0 aliphatic carbocycles. The highest BCUT2D eigenvalue weighted by Gasteiger charge is 2.19. The van der Waals surface area contributed by atoms with Crippen LogP contribution in [0.3, 0.4) is 0 Å². The van der Waals surface area contributed by atoms with Gasteiger partial charge in [-0.05, 0) is 33.3 Å². The molecule has 5 heteroatoms. The molecule has 0 spiro atoms. The lowest BCUT2D eigenvalue weighted by molar-refractivity contribution is -0.0150. The first-order chi connectivity index (χ1) is 10.3. The summed E-state index contributed by atoms with van der Waals surface area (Å²) in [5, 5.41) is 10.1. The van der Waals surface area contributed by atoms with Crippen molar-refractivity contribution in [3.8, 4) is 0 Å². The van der Waals surface area contributed by atoms with Crippen LogP contribution in [0.4, 0.5) is 8.78 Å². The predicted molar refractivity (Wildman–Crippen MR) is 83.6 cm³/mol. The Morgan fingerprint density at radius 2 is 1.91 bits per heavy atom. The molecule has 0 unspecified atom stereocenters. The standard InChI is InChI=1S/C17H27F2NO2/c1-5-13(4)20(10-16(21)11-22-12(2)3)9-14-6-7-15(18)8-17(14)19/h6-8,12-13,16,21H,5,9-11H2,1-4H3/t13-,16+/m0/s1. The van der Waals surface area contributed by atoms with E-state index in [9.17, 15) is 13.9 Å². The molecule has 0 amide bonds. The number of aliphatic hydroxyl groups excluding tert-OH is 1. The van der Waals surface area contributed by atoms with Crippen molar-refractivity contribution in [1.29, 1.82) is 0 Å². The Balaban J connectivity index is 2.72. The van der Waals surface area contributed by atoms with E-state index in [-0.39, 0.29) is 18.8 Å². The Kier molecular flexibility index (Phi) is 7.93. The molecule has 1 N–H and O–H groups in total.